The minimum Gasteiger partial charge on any atom is -0.493 e. The van der Waals surface area contributed by atoms with Crippen molar-refractivity contribution in [3.05, 3.63) is 70.9 Å². The van der Waals surface area contributed by atoms with Gasteiger partial charge in [0.25, 0.3) is 0 Å². The van der Waals surface area contributed by atoms with Crippen molar-refractivity contribution in [3.8, 4) is 17.4 Å². The number of aromatic nitrogens is 2. The fraction of sp³-hybridized carbons (Fsp3) is 0.273. The first-order chi connectivity index (χ1) is 13.4. The van der Waals surface area contributed by atoms with E-state index in [0.717, 1.165) is 16.3 Å². The van der Waals surface area contributed by atoms with Crippen LogP contribution in [0.5, 0.6) is 17.4 Å². The molecule has 0 aliphatic carbocycles. The number of nitrogens with zero attached hydrogens (tertiary/aromatic N) is 2. The maximum absolute atomic E-state index is 6.27. The van der Waals surface area contributed by atoms with Crippen molar-refractivity contribution in [2.75, 3.05) is 7.11 Å². The highest BCUT2D eigenvalue weighted by Gasteiger charge is 2.19. The molecule has 1 heterocycles. The number of hydrogen-bond acceptors (Lipinski definition) is 5. The molecule has 2 aromatic carbocycles. The monoisotopic (exact) mass is 414 g/mol. The number of rotatable bonds is 6. The summed E-state index contributed by atoms with van der Waals surface area (Å²) < 4.78 is 11.4. The van der Waals surface area contributed by atoms with Gasteiger partial charge in [-0.05, 0) is 23.8 Å². The van der Waals surface area contributed by atoms with E-state index in [-0.39, 0.29) is 5.41 Å². The normalized spacial score (nSPS) is 11.3. The average molecular weight is 415 g/mol. The van der Waals surface area contributed by atoms with Crippen molar-refractivity contribution >= 4 is 23.4 Å². The van der Waals surface area contributed by atoms with Crippen molar-refractivity contribution < 1.29 is 9.47 Å². The van der Waals surface area contributed by atoms with Gasteiger partial charge >= 0.3 is 0 Å². The van der Waals surface area contributed by atoms with E-state index in [2.05, 4.69) is 25.8 Å². The smallest absolute Gasteiger partial charge is 0.223 e. The molecule has 0 amide bonds. The van der Waals surface area contributed by atoms with Gasteiger partial charge < -0.3 is 9.47 Å². The van der Waals surface area contributed by atoms with Gasteiger partial charge in [-0.15, -0.1) is 0 Å². The van der Waals surface area contributed by atoms with Crippen molar-refractivity contribution in [1.82, 2.24) is 9.97 Å². The molecule has 0 aliphatic rings. The number of halogens is 1. The van der Waals surface area contributed by atoms with E-state index in [1.165, 1.54) is 11.8 Å². The molecule has 0 spiro atoms. The third kappa shape index (κ3) is 5.18. The molecule has 0 radical (unpaired) electrons. The van der Waals surface area contributed by atoms with Crippen molar-refractivity contribution in [3.63, 3.8) is 0 Å². The molecule has 6 heteroatoms. The van der Waals surface area contributed by atoms with E-state index in [1.54, 1.807) is 7.11 Å². The number of methoxy groups -OCH3 is 1. The second kappa shape index (κ2) is 8.84. The summed E-state index contributed by atoms with van der Waals surface area (Å²) in [6.07, 6.45) is 0. The standard InChI is InChI=1S/C22H23ClN2O2S/c1-22(2,3)19-13-20(27-18-12-8-7-11-17(18)26-4)25-21(24-19)28-14-15-9-5-6-10-16(15)23/h5-13H,14H2,1-4H3. The summed E-state index contributed by atoms with van der Waals surface area (Å²) in [4.78, 5) is 9.32. The minimum absolute atomic E-state index is 0.137. The van der Waals surface area contributed by atoms with Crippen LogP contribution >= 0.6 is 23.4 Å². The number of thioether (sulfide) groups is 1. The Balaban J connectivity index is 1.90. The summed E-state index contributed by atoms with van der Waals surface area (Å²) in [5, 5.41) is 1.39. The summed E-state index contributed by atoms with van der Waals surface area (Å²) in [5.74, 6) is 2.45. The van der Waals surface area contributed by atoms with Crippen LogP contribution in [-0.4, -0.2) is 17.1 Å². The molecule has 0 saturated heterocycles. The predicted molar refractivity (Wildman–Crippen MR) is 115 cm³/mol. The lowest BCUT2D eigenvalue weighted by Gasteiger charge is -2.19. The van der Waals surface area contributed by atoms with Gasteiger partial charge in [0.15, 0.2) is 16.7 Å². The quantitative estimate of drug-likeness (QED) is 0.339. The molecule has 0 fully saturated rings. The molecule has 4 nitrogen and oxygen atoms in total. The molecular formula is C22H23ClN2O2S. The molecule has 0 saturated carbocycles. The molecule has 3 aromatic rings. The van der Waals surface area contributed by atoms with Crippen LogP contribution in [0.4, 0.5) is 0 Å². The van der Waals surface area contributed by atoms with E-state index in [9.17, 15) is 0 Å². The van der Waals surface area contributed by atoms with E-state index in [4.69, 9.17) is 26.1 Å². The van der Waals surface area contributed by atoms with Gasteiger partial charge in [-0.1, -0.05) is 74.5 Å². The molecule has 0 aliphatic heterocycles. The SMILES string of the molecule is COc1ccccc1Oc1cc(C(C)(C)C)nc(SCc2ccccc2Cl)n1. The second-order valence-electron chi connectivity index (χ2n) is 7.26. The predicted octanol–water partition coefficient (Wildman–Crippen LogP) is 6.52. The molecule has 0 N–H and O–H groups in total. The third-order valence-electron chi connectivity index (χ3n) is 4.05. The summed E-state index contributed by atoms with van der Waals surface area (Å²) in [6, 6.07) is 17.2. The van der Waals surface area contributed by atoms with Crippen LogP contribution in [0.3, 0.4) is 0 Å². The Labute approximate surface area is 175 Å². The Bertz CT molecular complexity index is 957. The number of ether oxygens (including phenoxy) is 2. The van der Waals surface area contributed by atoms with Gasteiger partial charge in [0, 0.05) is 22.3 Å². The van der Waals surface area contributed by atoms with Crippen molar-refractivity contribution in [2.45, 2.75) is 37.1 Å². The van der Waals surface area contributed by atoms with Gasteiger partial charge in [-0.2, -0.15) is 4.98 Å². The zero-order chi connectivity index (χ0) is 20.1. The number of benzene rings is 2. The molecule has 146 valence electrons. The Hall–Kier alpha value is -2.24. The van der Waals surface area contributed by atoms with Crippen LogP contribution < -0.4 is 9.47 Å². The highest BCUT2D eigenvalue weighted by molar-refractivity contribution is 7.98. The van der Waals surface area contributed by atoms with E-state index in [0.29, 0.717) is 28.3 Å². The summed E-state index contributed by atoms with van der Waals surface area (Å²) in [6.45, 7) is 6.35. The molecule has 0 bridgehead atoms. The third-order valence-corrected chi connectivity index (χ3v) is 5.31. The zero-order valence-electron chi connectivity index (χ0n) is 16.4. The van der Waals surface area contributed by atoms with E-state index >= 15 is 0 Å². The second-order valence-corrected chi connectivity index (χ2v) is 8.61. The van der Waals surface area contributed by atoms with Gasteiger partial charge in [0.05, 0.1) is 12.8 Å². The Kier molecular flexibility index (Phi) is 6.47. The Morgan fingerprint density at radius 2 is 1.64 bits per heavy atom. The lowest BCUT2D eigenvalue weighted by atomic mass is 9.92. The Morgan fingerprint density at radius 1 is 0.964 bits per heavy atom. The number of hydrogen-bond donors (Lipinski definition) is 0. The van der Waals surface area contributed by atoms with Gasteiger partial charge in [0.2, 0.25) is 5.88 Å². The average Bonchev–Trinajstić information content (AvgIpc) is 2.67. The first-order valence-electron chi connectivity index (χ1n) is 8.93. The molecule has 0 atom stereocenters. The van der Waals surface area contributed by atoms with Crippen LogP contribution in [0.1, 0.15) is 32.0 Å². The zero-order valence-corrected chi connectivity index (χ0v) is 18.0. The van der Waals surface area contributed by atoms with Gasteiger partial charge in [-0.25, -0.2) is 4.98 Å². The topological polar surface area (TPSA) is 44.2 Å². The van der Waals surface area contributed by atoms with Gasteiger partial charge in [-0.3, -0.25) is 0 Å². The van der Waals surface area contributed by atoms with E-state index < -0.39 is 0 Å². The van der Waals surface area contributed by atoms with Gasteiger partial charge in [0.1, 0.15) is 0 Å². The highest BCUT2D eigenvalue weighted by Crippen LogP contribution is 2.34. The maximum Gasteiger partial charge on any atom is 0.223 e. The van der Waals surface area contributed by atoms with Crippen molar-refractivity contribution in [2.24, 2.45) is 0 Å². The van der Waals surface area contributed by atoms with Crippen LogP contribution in [0.2, 0.25) is 5.02 Å². The highest BCUT2D eigenvalue weighted by atomic mass is 35.5. The molecular weight excluding hydrogens is 392 g/mol. The van der Waals surface area contributed by atoms with Crippen LogP contribution in [0.25, 0.3) is 0 Å². The summed E-state index contributed by atoms with van der Waals surface area (Å²) >= 11 is 7.81. The largest absolute Gasteiger partial charge is 0.493 e. The van der Waals surface area contributed by atoms with Crippen LogP contribution in [-0.2, 0) is 11.2 Å². The lowest BCUT2D eigenvalue weighted by Crippen LogP contribution is -2.14. The maximum atomic E-state index is 6.27. The minimum atomic E-state index is -0.137. The van der Waals surface area contributed by atoms with E-state index in [1.807, 2.05) is 54.6 Å². The molecule has 1 aromatic heterocycles. The van der Waals surface area contributed by atoms with Crippen LogP contribution in [0.15, 0.2) is 59.8 Å². The molecule has 0 unspecified atom stereocenters. The van der Waals surface area contributed by atoms with Crippen molar-refractivity contribution in [1.29, 1.82) is 0 Å². The fourth-order valence-electron chi connectivity index (χ4n) is 2.48. The molecule has 3 rings (SSSR count). The summed E-state index contributed by atoms with van der Waals surface area (Å²) in [5.41, 5.74) is 1.82. The lowest BCUT2D eigenvalue weighted by molar-refractivity contribution is 0.371. The molecule has 28 heavy (non-hydrogen) atoms. The summed E-state index contributed by atoms with van der Waals surface area (Å²) in [7, 11) is 1.62. The van der Waals surface area contributed by atoms with Crippen LogP contribution in [0, 0.1) is 0 Å². The first-order valence-corrected chi connectivity index (χ1v) is 10.3. The first kappa shape index (κ1) is 20.5. The number of para-hydroxylation sites is 2. The Morgan fingerprint density at radius 3 is 2.32 bits per heavy atom. The fourth-order valence-corrected chi connectivity index (χ4v) is 3.61.